The number of nitrogens with one attached hydrogen (secondary N) is 2. The lowest BCUT2D eigenvalue weighted by molar-refractivity contribution is 0.0945. The highest BCUT2D eigenvalue weighted by Gasteiger charge is 2.23. The van der Waals surface area contributed by atoms with Crippen LogP contribution in [0, 0.1) is 0 Å². The molecule has 0 radical (unpaired) electrons. The summed E-state index contributed by atoms with van der Waals surface area (Å²) in [5.41, 5.74) is 3.49. The Morgan fingerprint density at radius 2 is 2.35 bits per heavy atom. The van der Waals surface area contributed by atoms with Gasteiger partial charge in [-0.15, -0.1) is 0 Å². The SMILES string of the molecule is O=C(NCc1cccnc1-n1cncn1)c1n[nH]c2c1CCC2. The number of hydrogen-bond donors (Lipinski definition) is 2. The molecule has 3 aromatic rings. The molecule has 1 amide bonds. The average Bonchev–Trinajstić information content (AvgIpc) is 3.29. The Labute approximate surface area is 132 Å². The molecular formula is C15H15N7O. The van der Waals surface area contributed by atoms with Crippen molar-refractivity contribution in [1.29, 1.82) is 0 Å². The first kappa shape index (κ1) is 13.6. The molecule has 116 valence electrons. The number of aromatic amines is 1. The van der Waals surface area contributed by atoms with E-state index in [0.29, 0.717) is 18.1 Å². The van der Waals surface area contributed by atoms with Crippen molar-refractivity contribution in [2.24, 2.45) is 0 Å². The monoisotopic (exact) mass is 309 g/mol. The number of fused-ring (bicyclic) bond motifs is 1. The largest absolute Gasteiger partial charge is 0.346 e. The van der Waals surface area contributed by atoms with E-state index in [2.05, 4.69) is 30.6 Å². The van der Waals surface area contributed by atoms with Gasteiger partial charge in [-0.05, 0) is 25.3 Å². The maximum atomic E-state index is 12.4. The van der Waals surface area contributed by atoms with E-state index in [0.717, 1.165) is 36.1 Å². The third kappa shape index (κ3) is 2.48. The van der Waals surface area contributed by atoms with E-state index in [4.69, 9.17) is 0 Å². The van der Waals surface area contributed by atoms with Gasteiger partial charge >= 0.3 is 0 Å². The summed E-state index contributed by atoms with van der Waals surface area (Å²) < 4.78 is 1.58. The quantitative estimate of drug-likeness (QED) is 0.742. The summed E-state index contributed by atoms with van der Waals surface area (Å²) in [4.78, 5) is 20.6. The summed E-state index contributed by atoms with van der Waals surface area (Å²) in [6.45, 7) is 0.351. The molecule has 23 heavy (non-hydrogen) atoms. The smallest absolute Gasteiger partial charge is 0.272 e. The maximum Gasteiger partial charge on any atom is 0.272 e. The van der Waals surface area contributed by atoms with Crippen LogP contribution in [0.2, 0.25) is 0 Å². The van der Waals surface area contributed by atoms with Gasteiger partial charge in [0.05, 0.1) is 0 Å². The fraction of sp³-hybridized carbons (Fsp3) is 0.267. The summed E-state index contributed by atoms with van der Waals surface area (Å²) in [6.07, 6.45) is 7.66. The van der Waals surface area contributed by atoms with Gasteiger partial charge in [0.15, 0.2) is 11.5 Å². The standard InChI is InChI=1S/C15H15N7O/c23-15(13-11-4-1-5-12(11)20-21-13)18-7-10-3-2-6-17-14(10)22-9-16-8-19-22/h2-3,6,8-9H,1,4-5,7H2,(H,18,23)(H,20,21). The number of rotatable bonds is 4. The van der Waals surface area contributed by atoms with Crippen molar-refractivity contribution in [2.45, 2.75) is 25.8 Å². The number of aryl methyl sites for hydroxylation is 1. The van der Waals surface area contributed by atoms with Crippen LogP contribution in [0.25, 0.3) is 5.82 Å². The van der Waals surface area contributed by atoms with Crippen LogP contribution in [0.3, 0.4) is 0 Å². The van der Waals surface area contributed by atoms with Gasteiger partial charge in [0.1, 0.15) is 12.7 Å². The molecule has 0 saturated carbocycles. The third-order valence-electron chi connectivity index (χ3n) is 3.96. The van der Waals surface area contributed by atoms with E-state index >= 15 is 0 Å². The second kappa shape index (κ2) is 5.64. The van der Waals surface area contributed by atoms with Gasteiger partial charge in [-0.2, -0.15) is 10.2 Å². The molecule has 0 bridgehead atoms. The highest BCUT2D eigenvalue weighted by molar-refractivity contribution is 5.94. The van der Waals surface area contributed by atoms with Crippen LogP contribution in [0.15, 0.2) is 31.0 Å². The summed E-state index contributed by atoms with van der Waals surface area (Å²) in [7, 11) is 0. The van der Waals surface area contributed by atoms with Crippen molar-refractivity contribution in [2.75, 3.05) is 0 Å². The zero-order valence-corrected chi connectivity index (χ0v) is 12.4. The van der Waals surface area contributed by atoms with Crippen LogP contribution in [0.1, 0.15) is 33.7 Å². The molecule has 3 heterocycles. The molecule has 8 nitrogen and oxygen atoms in total. The lowest BCUT2D eigenvalue weighted by atomic mass is 10.2. The predicted octanol–water partition coefficient (Wildman–Crippen LogP) is 0.804. The molecule has 1 aliphatic rings. The van der Waals surface area contributed by atoms with Crippen LogP contribution < -0.4 is 5.32 Å². The van der Waals surface area contributed by atoms with Gasteiger partial charge in [0.2, 0.25) is 0 Å². The van der Waals surface area contributed by atoms with Crippen molar-refractivity contribution >= 4 is 5.91 Å². The van der Waals surface area contributed by atoms with Crippen molar-refractivity contribution in [3.63, 3.8) is 0 Å². The van der Waals surface area contributed by atoms with Crippen LogP contribution in [-0.2, 0) is 19.4 Å². The third-order valence-corrected chi connectivity index (χ3v) is 3.96. The normalized spacial score (nSPS) is 13.0. The van der Waals surface area contributed by atoms with Crippen molar-refractivity contribution in [3.8, 4) is 5.82 Å². The molecule has 0 aliphatic heterocycles. The lowest BCUT2D eigenvalue weighted by Gasteiger charge is -2.09. The zero-order chi connectivity index (χ0) is 15.6. The number of carbonyl (C=O) groups is 1. The number of carbonyl (C=O) groups excluding carboxylic acids is 1. The summed E-state index contributed by atoms with van der Waals surface area (Å²) in [6, 6.07) is 3.73. The van der Waals surface area contributed by atoms with Gasteiger partial charge in [0, 0.05) is 29.6 Å². The van der Waals surface area contributed by atoms with E-state index in [1.165, 1.54) is 6.33 Å². The average molecular weight is 309 g/mol. The second-order valence-corrected chi connectivity index (χ2v) is 5.39. The maximum absolute atomic E-state index is 12.4. The Morgan fingerprint density at radius 1 is 1.39 bits per heavy atom. The Kier molecular flexibility index (Phi) is 3.34. The van der Waals surface area contributed by atoms with Crippen LogP contribution in [0.4, 0.5) is 0 Å². The molecule has 4 rings (SSSR count). The number of H-pyrrole nitrogens is 1. The summed E-state index contributed by atoms with van der Waals surface area (Å²) in [5.74, 6) is 0.482. The highest BCUT2D eigenvalue weighted by Crippen LogP contribution is 2.22. The summed E-state index contributed by atoms with van der Waals surface area (Å²) in [5, 5.41) is 14.1. The Morgan fingerprint density at radius 3 is 3.22 bits per heavy atom. The number of amides is 1. The van der Waals surface area contributed by atoms with Gasteiger partial charge in [0.25, 0.3) is 5.91 Å². The molecule has 0 aromatic carbocycles. The van der Waals surface area contributed by atoms with Crippen molar-refractivity contribution < 1.29 is 4.79 Å². The molecular weight excluding hydrogens is 294 g/mol. The number of hydrogen-bond acceptors (Lipinski definition) is 5. The number of nitrogens with zero attached hydrogens (tertiary/aromatic N) is 5. The minimum Gasteiger partial charge on any atom is -0.346 e. The van der Waals surface area contributed by atoms with Crippen molar-refractivity contribution in [1.82, 2.24) is 35.3 Å². The van der Waals surface area contributed by atoms with Crippen LogP contribution in [-0.4, -0.2) is 35.9 Å². The first-order valence-corrected chi connectivity index (χ1v) is 7.46. The molecule has 8 heteroatoms. The molecule has 0 spiro atoms. The van der Waals surface area contributed by atoms with E-state index in [-0.39, 0.29) is 5.91 Å². The van der Waals surface area contributed by atoms with Crippen molar-refractivity contribution in [3.05, 3.63) is 53.5 Å². The van der Waals surface area contributed by atoms with E-state index in [9.17, 15) is 4.79 Å². The molecule has 0 unspecified atom stereocenters. The number of pyridine rings is 1. The molecule has 0 saturated heterocycles. The topological polar surface area (TPSA) is 101 Å². The van der Waals surface area contributed by atoms with E-state index < -0.39 is 0 Å². The van der Waals surface area contributed by atoms with Crippen LogP contribution >= 0.6 is 0 Å². The Bertz CT molecular complexity index is 837. The molecule has 0 atom stereocenters. The van der Waals surface area contributed by atoms with Gasteiger partial charge in [-0.3, -0.25) is 9.89 Å². The van der Waals surface area contributed by atoms with E-state index in [1.54, 1.807) is 17.2 Å². The molecule has 2 N–H and O–H groups in total. The Hall–Kier alpha value is -3.03. The molecule has 0 fully saturated rings. The molecule has 3 aromatic heterocycles. The minimum atomic E-state index is -0.169. The highest BCUT2D eigenvalue weighted by atomic mass is 16.1. The Balaban J connectivity index is 1.52. The fourth-order valence-electron chi connectivity index (χ4n) is 2.86. The second-order valence-electron chi connectivity index (χ2n) is 5.39. The number of aromatic nitrogens is 6. The first-order chi connectivity index (χ1) is 11.3. The van der Waals surface area contributed by atoms with Gasteiger partial charge in [-0.25, -0.2) is 14.6 Å². The van der Waals surface area contributed by atoms with Gasteiger partial charge in [-0.1, -0.05) is 6.07 Å². The lowest BCUT2D eigenvalue weighted by Crippen LogP contribution is -2.25. The summed E-state index contributed by atoms with van der Waals surface area (Å²) >= 11 is 0. The fourth-order valence-corrected chi connectivity index (χ4v) is 2.86. The van der Waals surface area contributed by atoms with E-state index in [1.807, 2.05) is 12.1 Å². The van der Waals surface area contributed by atoms with Crippen LogP contribution in [0.5, 0.6) is 0 Å². The zero-order valence-electron chi connectivity index (χ0n) is 12.4. The molecule has 1 aliphatic carbocycles. The minimum absolute atomic E-state index is 0.169. The van der Waals surface area contributed by atoms with Gasteiger partial charge < -0.3 is 5.32 Å². The predicted molar refractivity (Wildman–Crippen MR) is 80.9 cm³/mol. The first-order valence-electron chi connectivity index (χ1n) is 7.46.